The molecule has 0 aromatic rings. The zero-order valence-corrected chi connectivity index (χ0v) is 14.2. The molecule has 0 aromatic carbocycles. The lowest BCUT2D eigenvalue weighted by atomic mass is 9.98. The maximum absolute atomic E-state index is 12.0. The van der Waals surface area contributed by atoms with Gasteiger partial charge in [-0.05, 0) is 18.9 Å². The van der Waals surface area contributed by atoms with E-state index in [9.17, 15) is 23.7 Å². The number of sulfonamides is 1. The van der Waals surface area contributed by atoms with Crippen LogP contribution >= 0.6 is 0 Å². The van der Waals surface area contributed by atoms with Gasteiger partial charge >= 0.3 is 0 Å². The van der Waals surface area contributed by atoms with Crippen LogP contribution in [-0.4, -0.2) is 84.9 Å². The molecule has 1 fully saturated rings. The van der Waals surface area contributed by atoms with Crippen molar-refractivity contribution in [3.8, 4) is 0 Å². The third-order valence-corrected chi connectivity index (χ3v) is 5.03. The molecule has 5 unspecified atom stereocenters. The Morgan fingerprint density at radius 2 is 1.78 bits per heavy atom. The molecule has 1 aliphatic rings. The van der Waals surface area contributed by atoms with E-state index in [1.54, 1.807) is 0 Å². The van der Waals surface area contributed by atoms with Gasteiger partial charge in [0.2, 0.25) is 10.0 Å². The molecule has 0 aromatic heterocycles. The Balaban J connectivity index is 2.49. The van der Waals surface area contributed by atoms with Crippen molar-refractivity contribution in [2.75, 3.05) is 25.4 Å². The number of aliphatic hydroxyl groups excluding tert-OH is 4. The van der Waals surface area contributed by atoms with E-state index in [0.717, 1.165) is 6.42 Å². The van der Waals surface area contributed by atoms with E-state index in [0.29, 0.717) is 12.5 Å². The Hall–Kier alpha value is -0.330. The van der Waals surface area contributed by atoms with Gasteiger partial charge in [0, 0.05) is 6.54 Å². The van der Waals surface area contributed by atoms with Crippen molar-refractivity contribution >= 4 is 10.0 Å². The lowest BCUT2D eigenvalue weighted by Gasteiger charge is -2.40. The minimum atomic E-state index is -3.78. The van der Waals surface area contributed by atoms with Gasteiger partial charge in [-0.2, -0.15) is 0 Å². The van der Waals surface area contributed by atoms with Gasteiger partial charge in [-0.15, -0.1) is 0 Å². The summed E-state index contributed by atoms with van der Waals surface area (Å²) in [7, 11) is -3.78. The maximum Gasteiger partial charge on any atom is 0.213 e. The van der Waals surface area contributed by atoms with Crippen LogP contribution in [0.25, 0.3) is 0 Å². The molecule has 1 rings (SSSR count). The van der Waals surface area contributed by atoms with Crippen molar-refractivity contribution in [2.45, 2.75) is 50.9 Å². The normalized spacial score (nSPS) is 32.4. The third-order valence-electron chi connectivity index (χ3n) is 3.66. The zero-order valence-electron chi connectivity index (χ0n) is 13.4. The van der Waals surface area contributed by atoms with Crippen LogP contribution < -0.4 is 10.0 Å². The average Bonchev–Trinajstić information content (AvgIpc) is 2.46. The molecule has 5 atom stereocenters. The molecular weight excluding hydrogens is 328 g/mol. The number of rotatable bonds is 9. The van der Waals surface area contributed by atoms with E-state index < -0.39 is 47.3 Å². The monoisotopic (exact) mass is 356 g/mol. The predicted molar refractivity (Wildman–Crippen MR) is 83.0 cm³/mol. The van der Waals surface area contributed by atoms with Gasteiger partial charge < -0.3 is 30.5 Å². The van der Waals surface area contributed by atoms with Crippen molar-refractivity contribution in [3.05, 3.63) is 0 Å². The van der Waals surface area contributed by atoms with Crippen LogP contribution in [-0.2, 0) is 14.8 Å². The second-order valence-electron chi connectivity index (χ2n) is 6.12. The molecule has 0 spiro atoms. The lowest BCUT2D eigenvalue weighted by molar-refractivity contribution is -0.251. The summed E-state index contributed by atoms with van der Waals surface area (Å²) in [5.74, 6) is 0.281. The molecule has 1 aliphatic heterocycles. The van der Waals surface area contributed by atoms with Crippen LogP contribution in [0, 0.1) is 5.92 Å². The van der Waals surface area contributed by atoms with Crippen molar-refractivity contribution in [2.24, 2.45) is 5.92 Å². The summed E-state index contributed by atoms with van der Waals surface area (Å²) in [6, 6.07) is -1.39. The van der Waals surface area contributed by atoms with Crippen LogP contribution in [0.15, 0.2) is 0 Å². The highest BCUT2D eigenvalue weighted by molar-refractivity contribution is 7.89. The van der Waals surface area contributed by atoms with Crippen molar-refractivity contribution in [1.82, 2.24) is 10.0 Å². The largest absolute Gasteiger partial charge is 0.394 e. The van der Waals surface area contributed by atoms with Gasteiger partial charge in [0.05, 0.1) is 12.4 Å². The summed E-state index contributed by atoms with van der Waals surface area (Å²) < 4.78 is 31.0. The summed E-state index contributed by atoms with van der Waals surface area (Å²) in [5.41, 5.74) is 0. The van der Waals surface area contributed by atoms with E-state index >= 15 is 0 Å². The molecule has 0 radical (unpaired) electrons. The second-order valence-corrected chi connectivity index (χ2v) is 8.00. The lowest BCUT2D eigenvalue weighted by Crippen LogP contribution is -2.64. The van der Waals surface area contributed by atoms with Gasteiger partial charge in [-0.3, -0.25) is 0 Å². The van der Waals surface area contributed by atoms with E-state index in [1.165, 1.54) is 0 Å². The third kappa shape index (κ3) is 6.59. The number of nitrogens with one attached hydrogen (secondary N) is 2. The van der Waals surface area contributed by atoms with Gasteiger partial charge in [-0.1, -0.05) is 13.8 Å². The summed E-state index contributed by atoms with van der Waals surface area (Å²) in [4.78, 5) is 0. The molecule has 1 saturated heterocycles. The molecule has 23 heavy (non-hydrogen) atoms. The smallest absolute Gasteiger partial charge is 0.213 e. The molecule has 6 N–H and O–H groups in total. The average molecular weight is 356 g/mol. The first-order valence-electron chi connectivity index (χ1n) is 7.69. The Morgan fingerprint density at radius 3 is 2.35 bits per heavy atom. The van der Waals surface area contributed by atoms with Gasteiger partial charge in [-0.25, -0.2) is 13.1 Å². The molecule has 1 heterocycles. The molecule has 0 saturated carbocycles. The first-order valence-corrected chi connectivity index (χ1v) is 9.34. The quantitative estimate of drug-likeness (QED) is 0.245. The van der Waals surface area contributed by atoms with Crippen LogP contribution in [0.3, 0.4) is 0 Å². The van der Waals surface area contributed by atoms with Crippen LogP contribution in [0.1, 0.15) is 20.3 Å². The summed E-state index contributed by atoms with van der Waals surface area (Å²) in [6.07, 6.45) is -4.98. The Kier molecular flexibility index (Phi) is 8.31. The molecule has 10 heteroatoms. The van der Waals surface area contributed by atoms with Gasteiger partial charge in [0.1, 0.15) is 24.4 Å². The molecule has 138 valence electrons. The second kappa shape index (κ2) is 9.23. The topological polar surface area (TPSA) is 148 Å². The summed E-state index contributed by atoms with van der Waals surface area (Å²) in [6.45, 7) is 4.45. The highest BCUT2D eigenvalue weighted by Crippen LogP contribution is 2.20. The fraction of sp³-hybridized carbons (Fsp3) is 1.00. The van der Waals surface area contributed by atoms with Crippen LogP contribution in [0.4, 0.5) is 0 Å². The van der Waals surface area contributed by atoms with Crippen molar-refractivity contribution in [3.63, 3.8) is 0 Å². The first-order chi connectivity index (χ1) is 10.7. The Morgan fingerprint density at radius 1 is 1.13 bits per heavy atom. The highest BCUT2D eigenvalue weighted by Gasteiger charge is 2.45. The fourth-order valence-corrected chi connectivity index (χ4v) is 3.41. The minimum Gasteiger partial charge on any atom is -0.394 e. The first kappa shape index (κ1) is 20.7. The van der Waals surface area contributed by atoms with E-state index in [-0.39, 0.29) is 12.3 Å². The predicted octanol–water partition coefficient (Wildman–Crippen LogP) is -2.66. The minimum absolute atomic E-state index is 0.226. The molecular formula is C13H28N2O7S. The SMILES string of the molecule is CC(C)CCNCCS(=O)(=O)NC1C(O)OC(CO)C(O)C1O. The van der Waals surface area contributed by atoms with Crippen LogP contribution in [0.2, 0.25) is 0 Å². The number of aliphatic hydroxyl groups is 4. The van der Waals surface area contributed by atoms with E-state index in [4.69, 9.17) is 9.84 Å². The number of ether oxygens (including phenoxy) is 1. The number of hydrogen-bond acceptors (Lipinski definition) is 8. The number of hydrogen-bond donors (Lipinski definition) is 6. The molecule has 0 bridgehead atoms. The van der Waals surface area contributed by atoms with Crippen molar-refractivity contribution in [1.29, 1.82) is 0 Å². The fourth-order valence-electron chi connectivity index (χ4n) is 2.21. The Labute approximate surface area is 136 Å². The van der Waals surface area contributed by atoms with Gasteiger partial charge in [0.15, 0.2) is 6.29 Å². The molecule has 9 nitrogen and oxygen atoms in total. The molecule has 0 amide bonds. The Bertz CT molecular complexity index is 446. The van der Waals surface area contributed by atoms with Crippen LogP contribution in [0.5, 0.6) is 0 Å². The standard InChI is InChI=1S/C13H28N2O7S/c1-8(2)3-4-14-5-6-23(20,21)15-10-12(18)11(17)9(7-16)22-13(10)19/h8-19H,3-7H2,1-2H3. The summed E-state index contributed by atoms with van der Waals surface area (Å²) >= 11 is 0. The maximum atomic E-state index is 12.0. The summed E-state index contributed by atoms with van der Waals surface area (Å²) in [5, 5.41) is 41.3. The van der Waals surface area contributed by atoms with E-state index in [2.05, 4.69) is 23.9 Å². The molecule has 0 aliphatic carbocycles. The van der Waals surface area contributed by atoms with E-state index in [1.807, 2.05) is 0 Å². The zero-order chi connectivity index (χ0) is 17.6. The van der Waals surface area contributed by atoms with Gasteiger partial charge in [0.25, 0.3) is 0 Å². The van der Waals surface area contributed by atoms with Crippen molar-refractivity contribution < 1.29 is 33.6 Å². The highest BCUT2D eigenvalue weighted by atomic mass is 32.2.